The highest BCUT2D eigenvalue weighted by atomic mass is 19.4. The topological polar surface area (TPSA) is 24.5 Å². The van der Waals surface area contributed by atoms with Crippen molar-refractivity contribution in [3.05, 3.63) is 0 Å². The molecule has 0 aromatic carbocycles. The van der Waals surface area contributed by atoms with Crippen molar-refractivity contribution in [2.45, 2.75) is 38.0 Å². The fraction of sp³-hybridized carbons (Fsp3) is 1.00. The summed E-state index contributed by atoms with van der Waals surface area (Å²) >= 11 is 0. The van der Waals surface area contributed by atoms with E-state index in [-0.39, 0.29) is 6.61 Å². The van der Waals surface area contributed by atoms with Gasteiger partial charge in [-0.25, -0.2) is 0 Å². The van der Waals surface area contributed by atoms with Gasteiger partial charge < -0.3 is 10.1 Å². The summed E-state index contributed by atoms with van der Waals surface area (Å²) in [4.78, 5) is 2.18. The zero-order valence-electron chi connectivity index (χ0n) is 10.4. The Kier molecular flexibility index (Phi) is 5.69. The fourth-order valence-corrected chi connectivity index (χ4v) is 2.18. The highest BCUT2D eigenvalue weighted by Crippen LogP contribution is 2.17. The Hall–Kier alpha value is -0.330. The van der Waals surface area contributed by atoms with Gasteiger partial charge >= 0.3 is 6.18 Å². The predicted molar refractivity (Wildman–Crippen MR) is 60.0 cm³/mol. The summed E-state index contributed by atoms with van der Waals surface area (Å²) in [6.45, 7) is 2.60. The van der Waals surface area contributed by atoms with Gasteiger partial charge in [-0.05, 0) is 33.4 Å². The van der Waals surface area contributed by atoms with Crippen LogP contribution in [0.15, 0.2) is 0 Å². The molecule has 102 valence electrons. The molecule has 1 fully saturated rings. The largest absolute Gasteiger partial charge is 0.411 e. The fourth-order valence-electron chi connectivity index (χ4n) is 2.18. The van der Waals surface area contributed by atoms with Crippen LogP contribution in [0.2, 0.25) is 0 Å². The maximum Gasteiger partial charge on any atom is 0.411 e. The quantitative estimate of drug-likeness (QED) is 0.755. The van der Waals surface area contributed by atoms with E-state index in [0.717, 1.165) is 19.4 Å². The molecule has 0 amide bonds. The van der Waals surface area contributed by atoms with Gasteiger partial charge in [-0.15, -0.1) is 0 Å². The van der Waals surface area contributed by atoms with Crippen molar-refractivity contribution in [2.24, 2.45) is 0 Å². The lowest BCUT2D eigenvalue weighted by Gasteiger charge is -2.37. The monoisotopic (exact) mass is 254 g/mol. The average molecular weight is 254 g/mol. The van der Waals surface area contributed by atoms with Crippen LogP contribution in [0.4, 0.5) is 13.2 Å². The van der Waals surface area contributed by atoms with Gasteiger partial charge in [0, 0.05) is 18.6 Å². The molecule has 0 saturated carbocycles. The minimum atomic E-state index is -4.22. The van der Waals surface area contributed by atoms with Gasteiger partial charge in [0.25, 0.3) is 0 Å². The first-order valence-electron chi connectivity index (χ1n) is 5.98. The second-order valence-corrected chi connectivity index (χ2v) is 4.56. The molecule has 0 spiro atoms. The molecular weight excluding hydrogens is 233 g/mol. The van der Waals surface area contributed by atoms with Crippen LogP contribution in [-0.4, -0.2) is 56.5 Å². The van der Waals surface area contributed by atoms with E-state index in [1.807, 2.05) is 7.05 Å². The molecule has 1 rings (SSSR count). The van der Waals surface area contributed by atoms with Gasteiger partial charge in [0.05, 0.1) is 6.61 Å². The van der Waals surface area contributed by atoms with Crippen LogP contribution in [0.25, 0.3) is 0 Å². The van der Waals surface area contributed by atoms with Gasteiger partial charge in [-0.1, -0.05) is 0 Å². The van der Waals surface area contributed by atoms with Crippen molar-refractivity contribution in [1.29, 1.82) is 0 Å². The summed E-state index contributed by atoms with van der Waals surface area (Å²) in [5.41, 5.74) is 0. The molecule has 17 heavy (non-hydrogen) atoms. The third-order valence-electron chi connectivity index (χ3n) is 3.21. The van der Waals surface area contributed by atoms with Gasteiger partial charge in [-0.3, -0.25) is 4.90 Å². The summed E-state index contributed by atoms with van der Waals surface area (Å²) < 4.78 is 40.2. The molecule has 0 radical (unpaired) electrons. The maximum atomic E-state index is 11.8. The zero-order chi connectivity index (χ0) is 12.9. The van der Waals surface area contributed by atoms with Crippen LogP contribution in [0.1, 0.15) is 19.8 Å². The first-order chi connectivity index (χ1) is 7.92. The average Bonchev–Trinajstić information content (AvgIpc) is 2.24. The third-order valence-corrected chi connectivity index (χ3v) is 3.21. The van der Waals surface area contributed by atoms with Crippen LogP contribution in [0, 0.1) is 0 Å². The molecular formula is C11H21F3N2O. The Bertz CT molecular complexity index is 223. The predicted octanol–water partition coefficient (Wildman–Crippen LogP) is 1.64. The summed E-state index contributed by atoms with van der Waals surface area (Å²) in [7, 11) is 1.94. The number of hydrogen-bond donors (Lipinski definition) is 1. The highest BCUT2D eigenvalue weighted by Gasteiger charge is 2.28. The highest BCUT2D eigenvalue weighted by molar-refractivity contribution is 4.81. The lowest BCUT2D eigenvalue weighted by Crippen LogP contribution is -2.47. The summed E-state index contributed by atoms with van der Waals surface area (Å²) in [6, 6.07) is 0.924. The maximum absolute atomic E-state index is 11.8. The molecule has 0 aromatic heterocycles. The number of halogens is 3. The van der Waals surface area contributed by atoms with E-state index in [9.17, 15) is 13.2 Å². The molecule has 0 aromatic rings. The Morgan fingerprint density at radius 2 is 2.12 bits per heavy atom. The molecule has 0 bridgehead atoms. The summed E-state index contributed by atoms with van der Waals surface area (Å²) in [5, 5.41) is 3.24. The van der Waals surface area contributed by atoms with Crippen LogP contribution in [-0.2, 0) is 4.74 Å². The molecule has 1 aliphatic rings. The molecule has 1 saturated heterocycles. The Labute approximate surface area is 100 Å². The second-order valence-electron chi connectivity index (χ2n) is 4.56. The Morgan fingerprint density at radius 3 is 2.65 bits per heavy atom. The molecule has 1 heterocycles. The molecule has 1 aliphatic heterocycles. The van der Waals surface area contributed by atoms with Crippen molar-refractivity contribution in [3.8, 4) is 0 Å². The zero-order valence-corrected chi connectivity index (χ0v) is 10.4. The van der Waals surface area contributed by atoms with E-state index in [1.54, 1.807) is 0 Å². The molecule has 6 heteroatoms. The smallest absolute Gasteiger partial charge is 0.371 e. The number of rotatable bonds is 5. The Balaban J connectivity index is 2.15. The normalized spacial score (nSPS) is 27.4. The molecule has 2 unspecified atom stereocenters. The van der Waals surface area contributed by atoms with Gasteiger partial charge in [-0.2, -0.15) is 13.2 Å². The van der Waals surface area contributed by atoms with Gasteiger partial charge in [0.15, 0.2) is 0 Å². The van der Waals surface area contributed by atoms with Crippen molar-refractivity contribution < 1.29 is 17.9 Å². The van der Waals surface area contributed by atoms with Crippen molar-refractivity contribution >= 4 is 0 Å². The molecule has 2 atom stereocenters. The molecule has 0 aliphatic carbocycles. The van der Waals surface area contributed by atoms with Crippen LogP contribution in [0.3, 0.4) is 0 Å². The number of piperidine rings is 1. The first kappa shape index (κ1) is 14.7. The number of nitrogens with one attached hydrogen (secondary N) is 1. The van der Waals surface area contributed by atoms with Crippen LogP contribution in [0.5, 0.6) is 0 Å². The lowest BCUT2D eigenvalue weighted by molar-refractivity contribution is -0.175. The standard InChI is InChI=1S/C11H21F3N2O/c1-9-7-10(15-2)3-4-16(9)5-6-17-8-11(12,13)14/h9-10,15H,3-8H2,1-2H3. The van der Waals surface area contributed by atoms with Gasteiger partial charge in [0.1, 0.15) is 6.61 Å². The van der Waals surface area contributed by atoms with E-state index in [4.69, 9.17) is 0 Å². The number of hydrogen-bond acceptors (Lipinski definition) is 3. The third kappa shape index (κ3) is 5.70. The van der Waals surface area contributed by atoms with E-state index < -0.39 is 12.8 Å². The summed E-state index contributed by atoms with van der Waals surface area (Å²) in [6.07, 6.45) is -2.14. The van der Waals surface area contributed by atoms with Gasteiger partial charge in [0.2, 0.25) is 0 Å². The van der Waals surface area contributed by atoms with Crippen LogP contribution >= 0.6 is 0 Å². The molecule has 1 N–H and O–H groups in total. The molecule has 3 nitrogen and oxygen atoms in total. The SMILES string of the molecule is CNC1CCN(CCOCC(F)(F)F)C(C)C1. The van der Waals surface area contributed by atoms with Crippen molar-refractivity contribution in [2.75, 3.05) is 33.4 Å². The number of nitrogens with zero attached hydrogens (tertiary/aromatic N) is 1. The van der Waals surface area contributed by atoms with Crippen molar-refractivity contribution in [1.82, 2.24) is 10.2 Å². The van der Waals surface area contributed by atoms with E-state index in [0.29, 0.717) is 18.6 Å². The summed E-state index contributed by atoms with van der Waals surface area (Å²) in [5.74, 6) is 0. The Morgan fingerprint density at radius 1 is 1.41 bits per heavy atom. The number of likely N-dealkylation sites (tertiary alicyclic amines) is 1. The number of ether oxygens (including phenoxy) is 1. The van der Waals surface area contributed by atoms with Crippen LogP contribution < -0.4 is 5.32 Å². The minimum Gasteiger partial charge on any atom is -0.371 e. The minimum absolute atomic E-state index is 0.147. The van der Waals surface area contributed by atoms with E-state index >= 15 is 0 Å². The first-order valence-corrected chi connectivity index (χ1v) is 5.98. The van der Waals surface area contributed by atoms with E-state index in [1.165, 1.54) is 0 Å². The van der Waals surface area contributed by atoms with Crippen molar-refractivity contribution in [3.63, 3.8) is 0 Å². The lowest BCUT2D eigenvalue weighted by atomic mass is 9.99. The van der Waals surface area contributed by atoms with E-state index in [2.05, 4.69) is 21.9 Å². The second kappa shape index (κ2) is 6.56. The number of alkyl halides is 3.